The van der Waals surface area contributed by atoms with Crippen molar-refractivity contribution in [1.82, 2.24) is 0 Å². The molecule has 3 aromatic rings. The maximum Gasteiger partial charge on any atom is -0.00118 e. The van der Waals surface area contributed by atoms with E-state index in [0.29, 0.717) is 23.7 Å². The van der Waals surface area contributed by atoms with Gasteiger partial charge >= 0.3 is 0 Å². The second-order valence-electron chi connectivity index (χ2n) is 7.04. The number of rotatable bonds is 2. The average Bonchev–Trinajstić information content (AvgIpc) is 3.12. The molecule has 0 aromatic heterocycles. The van der Waals surface area contributed by atoms with Crippen LogP contribution >= 0.6 is 0 Å². The van der Waals surface area contributed by atoms with Gasteiger partial charge in [-0.05, 0) is 68.8 Å². The fraction of sp³-hybridized carbons (Fsp3) is 0.217. The van der Waals surface area contributed by atoms with Crippen molar-refractivity contribution in [3.8, 4) is 0 Å². The highest BCUT2D eigenvalue weighted by Crippen LogP contribution is 2.61. The van der Waals surface area contributed by atoms with Crippen molar-refractivity contribution < 1.29 is 0 Å². The Kier molecular flexibility index (Phi) is 2.61. The summed E-state index contributed by atoms with van der Waals surface area (Å²) < 4.78 is 0. The van der Waals surface area contributed by atoms with Crippen LogP contribution in [0.5, 0.6) is 0 Å². The van der Waals surface area contributed by atoms with E-state index in [2.05, 4.69) is 73.8 Å². The van der Waals surface area contributed by atoms with E-state index in [1.54, 1.807) is 5.56 Å². The van der Waals surface area contributed by atoms with Gasteiger partial charge in [-0.1, -0.05) is 54.6 Å². The van der Waals surface area contributed by atoms with Gasteiger partial charge in [0.25, 0.3) is 0 Å². The summed E-state index contributed by atoms with van der Waals surface area (Å²) in [5.74, 6) is 2.23. The summed E-state index contributed by atoms with van der Waals surface area (Å²) in [6.07, 6.45) is 5.54. The van der Waals surface area contributed by atoms with Crippen LogP contribution in [0.2, 0.25) is 0 Å². The van der Waals surface area contributed by atoms with Crippen LogP contribution in [0.15, 0.2) is 73.8 Å². The number of hydrogen-bond donors (Lipinski definition) is 0. The second kappa shape index (κ2) is 4.58. The maximum absolute atomic E-state index is 4.14. The Balaban J connectivity index is 1.94. The van der Waals surface area contributed by atoms with Crippen LogP contribution in [0, 0.1) is 11.8 Å². The van der Waals surface area contributed by atoms with Crippen molar-refractivity contribution in [2.75, 3.05) is 0 Å². The second-order valence-corrected chi connectivity index (χ2v) is 7.04. The molecule has 0 N–H and O–H groups in total. The first kappa shape index (κ1) is 13.1. The smallest absolute Gasteiger partial charge is 0.00118 e. The summed E-state index contributed by atoms with van der Waals surface area (Å²) in [5.41, 5.74) is 3.09. The fourth-order valence-corrected chi connectivity index (χ4v) is 5.26. The molecule has 0 spiro atoms. The number of allylic oxidation sites excluding steroid dienone is 2. The topological polar surface area (TPSA) is 0 Å². The molecule has 112 valence electrons. The van der Waals surface area contributed by atoms with Crippen LogP contribution in [-0.4, -0.2) is 0 Å². The molecule has 1 saturated carbocycles. The molecule has 4 unspecified atom stereocenters. The SMILES string of the molecule is C=CC1CC(C=C)C2c3c4ccccc4cc4cccc(c34)C12. The third-order valence-corrected chi connectivity index (χ3v) is 6.11. The van der Waals surface area contributed by atoms with Crippen molar-refractivity contribution in [3.05, 3.63) is 85.0 Å². The highest BCUT2D eigenvalue weighted by atomic mass is 14.5. The summed E-state index contributed by atoms with van der Waals surface area (Å²) in [4.78, 5) is 0. The quantitative estimate of drug-likeness (QED) is 0.391. The summed E-state index contributed by atoms with van der Waals surface area (Å²) >= 11 is 0. The molecular formula is C23H20. The van der Waals surface area contributed by atoms with E-state index >= 15 is 0 Å². The van der Waals surface area contributed by atoms with Gasteiger partial charge in [0.2, 0.25) is 0 Å². The van der Waals surface area contributed by atoms with Crippen LogP contribution < -0.4 is 0 Å². The Morgan fingerprint density at radius 2 is 1.57 bits per heavy atom. The lowest BCUT2D eigenvalue weighted by molar-refractivity contribution is 0.557. The van der Waals surface area contributed by atoms with E-state index < -0.39 is 0 Å². The van der Waals surface area contributed by atoms with Crippen molar-refractivity contribution in [3.63, 3.8) is 0 Å². The minimum atomic E-state index is 0.546. The van der Waals surface area contributed by atoms with E-state index in [4.69, 9.17) is 0 Å². The predicted octanol–water partition coefficient (Wildman–Crippen LogP) is 6.18. The highest BCUT2D eigenvalue weighted by Gasteiger charge is 2.47. The van der Waals surface area contributed by atoms with Gasteiger partial charge in [0.05, 0.1) is 0 Å². The number of benzene rings is 3. The normalized spacial score (nSPS) is 28.2. The minimum Gasteiger partial charge on any atom is -0.103 e. The van der Waals surface area contributed by atoms with E-state index in [1.165, 1.54) is 33.5 Å². The van der Waals surface area contributed by atoms with E-state index in [-0.39, 0.29) is 0 Å². The zero-order chi connectivity index (χ0) is 15.6. The first-order valence-corrected chi connectivity index (χ1v) is 8.53. The lowest BCUT2D eigenvalue weighted by Gasteiger charge is -2.19. The van der Waals surface area contributed by atoms with Crippen LogP contribution in [0.25, 0.3) is 21.5 Å². The molecule has 3 aromatic carbocycles. The Morgan fingerprint density at radius 3 is 2.39 bits per heavy atom. The molecule has 0 heterocycles. The maximum atomic E-state index is 4.14. The van der Waals surface area contributed by atoms with Crippen molar-refractivity contribution in [2.45, 2.75) is 18.3 Å². The summed E-state index contributed by atoms with van der Waals surface area (Å²) in [6.45, 7) is 8.27. The molecule has 23 heavy (non-hydrogen) atoms. The lowest BCUT2D eigenvalue weighted by Crippen LogP contribution is -2.07. The molecule has 5 rings (SSSR count). The van der Waals surface area contributed by atoms with Crippen molar-refractivity contribution in [1.29, 1.82) is 0 Å². The molecule has 2 aliphatic rings. The minimum absolute atomic E-state index is 0.546. The van der Waals surface area contributed by atoms with Crippen LogP contribution in [0.3, 0.4) is 0 Å². The zero-order valence-electron chi connectivity index (χ0n) is 13.2. The highest BCUT2D eigenvalue weighted by molar-refractivity contribution is 6.06. The molecule has 0 aliphatic heterocycles. The van der Waals surface area contributed by atoms with E-state index in [9.17, 15) is 0 Å². The molecule has 2 aliphatic carbocycles. The molecule has 0 saturated heterocycles. The van der Waals surface area contributed by atoms with Crippen molar-refractivity contribution in [2.24, 2.45) is 11.8 Å². The molecular weight excluding hydrogens is 276 g/mol. The van der Waals surface area contributed by atoms with Crippen LogP contribution in [0.4, 0.5) is 0 Å². The molecule has 4 atom stereocenters. The Bertz CT molecular complexity index is 962. The average molecular weight is 296 g/mol. The van der Waals surface area contributed by atoms with Gasteiger partial charge in [0.15, 0.2) is 0 Å². The number of fused-ring (bicyclic) bond motifs is 5. The molecule has 1 fully saturated rings. The van der Waals surface area contributed by atoms with Gasteiger partial charge < -0.3 is 0 Å². The summed E-state index contributed by atoms with van der Waals surface area (Å²) in [7, 11) is 0. The largest absolute Gasteiger partial charge is 0.103 e. The van der Waals surface area contributed by atoms with E-state index in [1.807, 2.05) is 0 Å². The first-order chi connectivity index (χ1) is 11.3. The Hall–Kier alpha value is -2.34. The van der Waals surface area contributed by atoms with E-state index in [0.717, 1.165) is 0 Å². The molecule has 0 nitrogen and oxygen atoms in total. The van der Waals surface area contributed by atoms with Gasteiger partial charge in [-0.25, -0.2) is 0 Å². The third kappa shape index (κ3) is 1.56. The van der Waals surface area contributed by atoms with Gasteiger partial charge in [-0.3, -0.25) is 0 Å². The fourth-order valence-electron chi connectivity index (χ4n) is 5.26. The lowest BCUT2D eigenvalue weighted by atomic mass is 9.83. The third-order valence-electron chi connectivity index (χ3n) is 6.11. The predicted molar refractivity (Wildman–Crippen MR) is 98.9 cm³/mol. The van der Waals surface area contributed by atoms with Crippen molar-refractivity contribution >= 4 is 21.5 Å². The Labute approximate surface area is 137 Å². The van der Waals surface area contributed by atoms with Crippen LogP contribution in [-0.2, 0) is 0 Å². The Morgan fingerprint density at radius 1 is 0.826 bits per heavy atom. The first-order valence-electron chi connectivity index (χ1n) is 8.53. The molecule has 0 amide bonds. The molecule has 0 heteroatoms. The van der Waals surface area contributed by atoms with Crippen LogP contribution in [0.1, 0.15) is 29.4 Å². The molecule has 0 bridgehead atoms. The monoisotopic (exact) mass is 296 g/mol. The molecule has 0 radical (unpaired) electrons. The number of hydrogen-bond acceptors (Lipinski definition) is 0. The standard InChI is InChI=1S/C23H20/c1-3-14-12-15(4-2)22-20(14)19-11-7-9-17-13-16-8-5-6-10-18(16)23(22)21(17)19/h3-11,13-15,20,22H,1-2,12H2. The van der Waals surface area contributed by atoms with Gasteiger partial charge in [0.1, 0.15) is 0 Å². The summed E-state index contributed by atoms with van der Waals surface area (Å²) in [6, 6.07) is 18.0. The van der Waals surface area contributed by atoms with Gasteiger partial charge in [0, 0.05) is 0 Å². The summed E-state index contributed by atoms with van der Waals surface area (Å²) in [5, 5.41) is 5.67. The van der Waals surface area contributed by atoms with Gasteiger partial charge in [-0.2, -0.15) is 0 Å². The van der Waals surface area contributed by atoms with Gasteiger partial charge in [-0.15, -0.1) is 13.2 Å². The zero-order valence-corrected chi connectivity index (χ0v) is 13.2.